The molecule has 1 aliphatic rings. The van der Waals surface area contributed by atoms with Crippen LogP contribution in [0.25, 0.3) is 10.8 Å². The van der Waals surface area contributed by atoms with Crippen molar-refractivity contribution in [2.24, 2.45) is 11.3 Å². The van der Waals surface area contributed by atoms with Gasteiger partial charge in [-0.05, 0) is 65.3 Å². The largest absolute Gasteiger partial charge is 0.496 e. The second-order valence-corrected chi connectivity index (χ2v) is 9.79. The molecule has 1 N–H and O–H groups in total. The van der Waals surface area contributed by atoms with Gasteiger partial charge < -0.3 is 14.8 Å². The molecule has 0 heterocycles. The highest BCUT2D eigenvalue weighted by Crippen LogP contribution is 2.52. The third-order valence-electron chi connectivity index (χ3n) is 6.41. The minimum absolute atomic E-state index is 0.0921. The summed E-state index contributed by atoms with van der Waals surface area (Å²) >= 11 is 0. The molecule has 3 aromatic carbocycles. The molecule has 5 heteroatoms. The number of carbonyl (C=O) groups is 2. The number of nitrogens with one attached hydrogen (secondary N) is 1. The first-order valence-corrected chi connectivity index (χ1v) is 11.3. The van der Waals surface area contributed by atoms with E-state index >= 15 is 0 Å². The zero-order valence-corrected chi connectivity index (χ0v) is 19.9. The fourth-order valence-electron chi connectivity index (χ4n) is 4.87. The van der Waals surface area contributed by atoms with Gasteiger partial charge in [0.1, 0.15) is 11.5 Å². The molecule has 0 aromatic heterocycles. The normalized spacial score (nSPS) is 14.6. The summed E-state index contributed by atoms with van der Waals surface area (Å²) in [5.74, 6) is 0.915. The Bertz CT molecular complexity index is 1200. The van der Waals surface area contributed by atoms with Crippen LogP contribution in [0.1, 0.15) is 55.5 Å². The Balaban J connectivity index is 1.66. The summed E-state index contributed by atoms with van der Waals surface area (Å²) < 4.78 is 10.9. The van der Waals surface area contributed by atoms with Crippen molar-refractivity contribution in [1.29, 1.82) is 0 Å². The van der Waals surface area contributed by atoms with Crippen LogP contribution in [-0.4, -0.2) is 25.9 Å². The maximum absolute atomic E-state index is 13.2. The lowest BCUT2D eigenvalue weighted by atomic mass is 9.73. The molecule has 0 bridgehead atoms. The van der Waals surface area contributed by atoms with E-state index in [4.69, 9.17) is 9.47 Å². The fraction of sp³-hybridized carbons (Fsp3) is 0.357. The number of methoxy groups -OCH3 is 2. The first kappa shape index (κ1) is 22.8. The monoisotopic (exact) mass is 445 g/mol. The summed E-state index contributed by atoms with van der Waals surface area (Å²) in [5, 5.41) is 4.28. The van der Waals surface area contributed by atoms with Crippen LogP contribution in [-0.2, 0) is 4.79 Å². The number of Topliss-reactive ketones (excluding diaryl/α,β-unsaturated/α-hetero) is 1. The smallest absolute Gasteiger partial charge is 0.296 e. The molecular formula is C28H31NO4. The molecule has 0 radical (unpaired) electrons. The van der Waals surface area contributed by atoms with Gasteiger partial charge in [-0.15, -0.1) is 0 Å². The number of hydrogen-bond donors (Lipinski definition) is 1. The van der Waals surface area contributed by atoms with Crippen molar-refractivity contribution in [3.63, 3.8) is 0 Å². The number of carbonyl (C=O) groups excluding carboxylic acids is 2. The Morgan fingerprint density at radius 1 is 0.909 bits per heavy atom. The quantitative estimate of drug-likeness (QED) is 0.346. The van der Waals surface area contributed by atoms with E-state index in [1.165, 1.54) is 12.8 Å². The van der Waals surface area contributed by atoms with E-state index in [1.807, 2.05) is 36.4 Å². The van der Waals surface area contributed by atoms with Crippen molar-refractivity contribution in [2.75, 3.05) is 19.5 Å². The average Bonchev–Trinajstić information content (AvgIpc) is 3.62. The van der Waals surface area contributed by atoms with Crippen LogP contribution in [0.3, 0.4) is 0 Å². The summed E-state index contributed by atoms with van der Waals surface area (Å²) in [4.78, 5) is 26.2. The number of rotatable bonds is 7. The van der Waals surface area contributed by atoms with Crippen LogP contribution in [0, 0.1) is 11.3 Å². The zero-order chi connectivity index (χ0) is 23.8. The Labute approximate surface area is 195 Å². The molecule has 0 saturated heterocycles. The van der Waals surface area contributed by atoms with Crippen LogP contribution < -0.4 is 14.8 Å². The van der Waals surface area contributed by atoms with Crippen LogP contribution in [0.2, 0.25) is 0 Å². The molecule has 1 unspecified atom stereocenters. The number of benzene rings is 3. The van der Waals surface area contributed by atoms with E-state index in [1.54, 1.807) is 26.4 Å². The topological polar surface area (TPSA) is 64.6 Å². The van der Waals surface area contributed by atoms with Crippen LogP contribution in [0.4, 0.5) is 5.69 Å². The first-order chi connectivity index (χ1) is 15.7. The predicted molar refractivity (Wildman–Crippen MR) is 131 cm³/mol. The molecule has 1 amide bonds. The number of ketones is 1. The third kappa shape index (κ3) is 4.58. The number of ether oxygens (including phenoxy) is 2. The summed E-state index contributed by atoms with van der Waals surface area (Å²) in [6.45, 7) is 6.74. The second-order valence-electron chi connectivity index (χ2n) is 9.79. The lowest BCUT2D eigenvalue weighted by molar-refractivity contribution is -0.112. The standard InChI is InChI=1S/C28H31NO4/c1-28(2,3)25(17-10-11-17)18-12-14-24(33-5)22(16-18)29-27(31)26(30)21-13-15-23(32-4)20-9-7-6-8-19(20)21/h6-9,12-17,25H,10-11H2,1-5H3,(H,29,31). The van der Waals surface area contributed by atoms with Crippen molar-refractivity contribution >= 4 is 28.2 Å². The molecule has 5 nitrogen and oxygen atoms in total. The minimum Gasteiger partial charge on any atom is -0.496 e. The Kier molecular flexibility index (Phi) is 6.15. The molecule has 4 rings (SSSR count). The van der Waals surface area contributed by atoms with Crippen LogP contribution in [0.15, 0.2) is 54.6 Å². The Morgan fingerprint density at radius 3 is 2.15 bits per heavy atom. The van der Waals surface area contributed by atoms with Gasteiger partial charge in [-0.25, -0.2) is 0 Å². The van der Waals surface area contributed by atoms with Gasteiger partial charge >= 0.3 is 0 Å². The molecule has 0 spiro atoms. The van der Waals surface area contributed by atoms with Crippen LogP contribution in [0.5, 0.6) is 11.5 Å². The van der Waals surface area contributed by atoms with Crippen molar-refractivity contribution < 1.29 is 19.1 Å². The van der Waals surface area contributed by atoms with Gasteiger partial charge in [-0.3, -0.25) is 9.59 Å². The van der Waals surface area contributed by atoms with Gasteiger partial charge in [0.15, 0.2) is 0 Å². The fourth-order valence-corrected chi connectivity index (χ4v) is 4.87. The van der Waals surface area contributed by atoms with Gasteiger partial charge in [-0.2, -0.15) is 0 Å². The van der Waals surface area contributed by atoms with Gasteiger partial charge in [0, 0.05) is 10.9 Å². The van der Waals surface area contributed by atoms with Gasteiger partial charge in [0.05, 0.1) is 19.9 Å². The SMILES string of the molecule is COc1ccc(C(C2CC2)C(C)(C)C)cc1NC(=O)C(=O)c1ccc(OC)c2ccccc12. The van der Waals surface area contributed by atoms with E-state index < -0.39 is 11.7 Å². The number of anilines is 1. The van der Waals surface area contributed by atoms with Gasteiger partial charge in [-0.1, -0.05) is 51.1 Å². The minimum atomic E-state index is -0.695. The molecule has 0 aliphatic heterocycles. The molecule has 3 aromatic rings. The molecule has 1 fully saturated rings. The molecule has 1 saturated carbocycles. The highest BCUT2D eigenvalue weighted by atomic mass is 16.5. The van der Waals surface area contributed by atoms with E-state index in [-0.39, 0.29) is 5.41 Å². The number of fused-ring (bicyclic) bond motifs is 1. The van der Waals surface area contributed by atoms with E-state index in [2.05, 4.69) is 32.2 Å². The first-order valence-electron chi connectivity index (χ1n) is 11.3. The van der Waals surface area contributed by atoms with Gasteiger partial charge in [0.2, 0.25) is 0 Å². The van der Waals surface area contributed by atoms with Gasteiger partial charge in [0.25, 0.3) is 11.7 Å². The van der Waals surface area contributed by atoms with E-state index in [9.17, 15) is 9.59 Å². The van der Waals surface area contributed by atoms with Crippen LogP contribution >= 0.6 is 0 Å². The number of hydrogen-bond acceptors (Lipinski definition) is 4. The summed E-state index contributed by atoms with van der Waals surface area (Å²) in [5.41, 5.74) is 2.10. The average molecular weight is 446 g/mol. The summed E-state index contributed by atoms with van der Waals surface area (Å²) in [6.07, 6.45) is 2.44. The molecule has 172 valence electrons. The third-order valence-corrected chi connectivity index (χ3v) is 6.41. The molecule has 1 aliphatic carbocycles. The second kappa shape index (κ2) is 8.89. The van der Waals surface area contributed by atoms with Crippen molar-refractivity contribution in [3.05, 3.63) is 65.7 Å². The van der Waals surface area contributed by atoms with Crippen molar-refractivity contribution in [1.82, 2.24) is 0 Å². The Hall–Kier alpha value is -3.34. The molecule has 33 heavy (non-hydrogen) atoms. The highest BCUT2D eigenvalue weighted by Gasteiger charge is 2.39. The predicted octanol–water partition coefficient (Wildman–Crippen LogP) is 6.22. The van der Waals surface area contributed by atoms with Crippen molar-refractivity contribution in [2.45, 2.75) is 39.5 Å². The van der Waals surface area contributed by atoms with E-state index in [0.29, 0.717) is 40.0 Å². The lowest BCUT2D eigenvalue weighted by Crippen LogP contribution is -2.24. The lowest BCUT2D eigenvalue weighted by Gasteiger charge is -2.32. The maximum Gasteiger partial charge on any atom is 0.296 e. The Morgan fingerprint density at radius 2 is 1.55 bits per heavy atom. The molecule has 1 atom stereocenters. The summed E-state index contributed by atoms with van der Waals surface area (Å²) in [7, 11) is 3.15. The number of amides is 1. The highest BCUT2D eigenvalue weighted by molar-refractivity contribution is 6.48. The van der Waals surface area contributed by atoms with E-state index in [0.717, 1.165) is 10.9 Å². The maximum atomic E-state index is 13.2. The van der Waals surface area contributed by atoms with Crippen molar-refractivity contribution in [3.8, 4) is 11.5 Å². The molecular weight excluding hydrogens is 414 g/mol. The zero-order valence-electron chi connectivity index (χ0n) is 19.9. The summed E-state index contributed by atoms with van der Waals surface area (Å²) in [6, 6.07) is 16.7.